The first-order valence-corrected chi connectivity index (χ1v) is 7.50. The summed E-state index contributed by atoms with van der Waals surface area (Å²) in [7, 11) is 0.102. The zero-order valence-electron chi connectivity index (χ0n) is 9.56. The van der Waals surface area contributed by atoms with Crippen LogP contribution in [0.1, 0.15) is 5.56 Å². The molecule has 0 saturated carbocycles. The second kappa shape index (κ2) is 5.48. The fraction of sp³-hybridized carbons (Fsp3) is 0.143. The highest BCUT2D eigenvalue weighted by atomic mass is 35.5. The van der Waals surface area contributed by atoms with Gasteiger partial charge in [0.1, 0.15) is 17.8 Å². The fourth-order valence-corrected chi connectivity index (χ4v) is 3.38. The second-order valence-electron chi connectivity index (χ2n) is 3.87. The lowest BCUT2D eigenvalue weighted by atomic mass is 10.2. The van der Waals surface area contributed by atoms with Crippen molar-refractivity contribution in [1.82, 2.24) is 0 Å². The van der Waals surface area contributed by atoms with Crippen LogP contribution in [0.15, 0.2) is 53.4 Å². The lowest BCUT2D eigenvalue weighted by Crippen LogP contribution is -2.03. The summed E-state index contributed by atoms with van der Waals surface area (Å²) in [6.45, 7) is 0. The van der Waals surface area contributed by atoms with E-state index in [0.717, 1.165) is 10.8 Å². The van der Waals surface area contributed by atoms with Gasteiger partial charge in [-0.1, -0.05) is 29.8 Å². The molecule has 2 aromatic rings. The minimum absolute atomic E-state index is 0.102. The molecule has 17 heavy (non-hydrogen) atoms. The van der Waals surface area contributed by atoms with E-state index in [2.05, 4.69) is 12.3 Å². The zero-order chi connectivity index (χ0) is 12.3. The van der Waals surface area contributed by atoms with Crippen molar-refractivity contribution in [3.8, 4) is 5.75 Å². The van der Waals surface area contributed by atoms with Crippen molar-refractivity contribution in [2.75, 3.05) is 6.26 Å². The quantitative estimate of drug-likeness (QED) is 0.836. The third-order valence-electron chi connectivity index (χ3n) is 2.57. The maximum atomic E-state index is 9.25. The number of rotatable bonds is 3. The molecule has 0 aromatic heterocycles. The minimum atomic E-state index is 0.102. The molecule has 0 aliphatic rings. The van der Waals surface area contributed by atoms with Crippen molar-refractivity contribution in [2.45, 2.75) is 10.6 Å². The van der Waals surface area contributed by atoms with Crippen LogP contribution in [0, 0.1) is 0 Å². The molecule has 2 aromatic carbocycles. The van der Waals surface area contributed by atoms with Gasteiger partial charge in [-0.3, -0.25) is 0 Å². The number of hydrogen-bond acceptors (Lipinski definition) is 1. The first kappa shape index (κ1) is 12.3. The van der Waals surface area contributed by atoms with Gasteiger partial charge in [-0.15, -0.1) is 0 Å². The zero-order valence-corrected chi connectivity index (χ0v) is 11.1. The highest BCUT2D eigenvalue weighted by molar-refractivity contribution is 7.95. The predicted molar refractivity (Wildman–Crippen MR) is 74.8 cm³/mol. The van der Waals surface area contributed by atoms with Crippen LogP contribution in [0.25, 0.3) is 0 Å². The third kappa shape index (κ3) is 3.18. The van der Waals surface area contributed by atoms with Crippen molar-refractivity contribution < 1.29 is 5.11 Å². The second-order valence-corrected chi connectivity index (χ2v) is 6.31. The van der Waals surface area contributed by atoms with Gasteiger partial charge in [0.25, 0.3) is 0 Å². The molecule has 0 aliphatic carbocycles. The summed E-state index contributed by atoms with van der Waals surface area (Å²) >= 11 is 6.15. The number of aromatic hydroxyl groups is 1. The molecule has 1 nitrogen and oxygen atoms in total. The van der Waals surface area contributed by atoms with Crippen LogP contribution < -0.4 is 0 Å². The van der Waals surface area contributed by atoms with Crippen molar-refractivity contribution >= 4 is 22.5 Å². The molecule has 2 rings (SSSR count). The van der Waals surface area contributed by atoms with Gasteiger partial charge in [-0.2, -0.15) is 0 Å². The van der Waals surface area contributed by atoms with Gasteiger partial charge in [0.2, 0.25) is 0 Å². The molecule has 1 N–H and O–H groups in total. The molecule has 0 heterocycles. The molecule has 0 spiro atoms. The van der Waals surface area contributed by atoms with Gasteiger partial charge in [0.15, 0.2) is 4.90 Å². The van der Waals surface area contributed by atoms with E-state index in [4.69, 9.17) is 11.6 Å². The Hall–Kier alpha value is -1.12. The maximum Gasteiger partial charge on any atom is 0.155 e. The van der Waals surface area contributed by atoms with Crippen molar-refractivity contribution in [2.24, 2.45) is 0 Å². The van der Waals surface area contributed by atoms with E-state index >= 15 is 0 Å². The average Bonchev–Trinajstić information content (AvgIpc) is 2.33. The number of phenols is 1. The molecule has 88 valence electrons. The van der Waals surface area contributed by atoms with Crippen LogP contribution in [-0.4, -0.2) is 11.4 Å². The van der Waals surface area contributed by atoms with Gasteiger partial charge in [0, 0.05) is 21.5 Å². The summed E-state index contributed by atoms with van der Waals surface area (Å²) in [6.07, 6.45) is 2.19. The molecule has 0 saturated heterocycles. The van der Waals surface area contributed by atoms with Gasteiger partial charge >= 0.3 is 0 Å². The van der Waals surface area contributed by atoms with Crippen LogP contribution in [-0.2, 0) is 16.6 Å². The predicted octanol–water partition coefficient (Wildman–Crippen LogP) is 3.85. The van der Waals surface area contributed by atoms with Gasteiger partial charge in [-0.25, -0.2) is 0 Å². The largest absolute Gasteiger partial charge is 0.508 e. The molecule has 0 bridgehead atoms. The van der Waals surface area contributed by atoms with Gasteiger partial charge in [-0.05, 0) is 30.3 Å². The van der Waals surface area contributed by atoms with Crippen LogP contribution in [0.4, 0.5) is 0 Å². The summed E-state index contributed by atoms with van der Waals surface area (Å²) in [5.74, 6) is 1.24. The van der Waals surface area contributed by atoms with E-state index in [1.165, 1.54) is 10.5 Å². The standard InChI is InChI=1S/C14H13ClOS/c1-17(13-8-6-12(16)7-9-13)10-11-4-2-3-5-14(11)15/h2-9H,10H2,1H3/p+1. The van der Waals surface area contributed by atoms with E-state index < -0.39 is 0 Å². The Morgan fingerprint density at radius 2 is 1.71 bits per heavy atom. The lowest BCUT2D eigenvalue weighted by molar-refractivity contribution is 0.475. The summed E-state index contributed by atoms with van der Waals surface area (Å²) in [4.78, 5) is 1.24. The molecule has 0 aliphatic heterocycles. The third-order valence-corrected chi connectivity index (χ3v) is 4.76. The highest BCUT2D eigenvalue weighted by Crippen LogP contribution is 2.23. The fourth-order valence-electron chi connectivity index (χ4n) is 1.61. The molecular formula is C14H14ClOS+. The minimum Gasteiger partial charge on any atom is -0.508 e. The van der Waals surface area contributed by atoms with Crippen LogP contribution in [0.2, 0.25) is 5.02 Å². The Balaban J connectivity index is 2.14. The Morgan fingerprint density at radius 1 is 1.06 bits per heavy atom. The molecule has 0 radical (unpaired) electrons. The summed E-state index contributed by atoms with van der Waals surface area (Å²) in [5, 5.41) is 10.1. The van der Waals surface area contributed by atoms with Crippen molar-refractivity contribution in [1.29, 1.82) is 0 Å². The number of halogens is 1. The summed E-state index contributed by atoms with van der Waals surface area (Å²) in [5.41, 5.74) is 1.17. The van der Waals surface area contributed by atoms with E-state index in [9.17, 15) is 5.11 Å². The van der Waals surface area contributed by atoms with Crippen LogP contribution >= 0.6 is 11.6 Å². The highest BCUT2D eigenvalue weighted by Gasteiger charge is 2.17. The smallest absolute Gasteiger partial charge is 0.155 e. The topological polar surface area (TPSA) is 20.2 Å². The molecular weight excluding hydrogens is 252 g/mol. The summed E-state index contributed by atoms with van der Waals surface area (Å²) < 4.78 is 0. The molecule has 1 unspecified atom stereocenters. The van der Waals surface area contributed by atoms with E-state index in [1.54, 1.807) is 12.1 Å². The van der Waals surface area contributed by atoms with Gasteiger partial charge in [0.05, 0.1) is 0 Å². The van der Waals surface area contributed by atoms with E-state index in [0.29, 0.717) is 5.75 Å². The lowest BCUT2D eigenvalue weighted by Gasteiger charge is -2.05. The van der Waals surface area contributed by atoms with Crippen molar-refractivity contribution in [3.05, 3.63) is 59.1 Å². The summed E-state index contributed by atoms with van der Waals surface area (Å²) in [6, 6.07) is 15.3. The Kier molecular flexibility index (Phi) is 3.97. The molecule has 0 amide bonds. The SMILES string of the molecule is C[S+](Cc1ccccc1Cl)c1ccc(O)cc1. The average molecular weight is 266 g/mol. The monoisotopic (exact) mass is 265 g/mol. The Morgan fingerprint density at radius 3 is 2.35 bits per heavy atom. The number of benzene rings is 2. The first-order chi connectivity index (χ1) is 8.16. The van der Waals surface area contributed by atoms with Crippen molar-refractivity contribution in [3.63, 3.8) is 0 Å². The molecule has 0 fully saturated rings. The first-order valence-electron chi connectivity index (χ1n) is 5.32. The van der Waals surface area contributed by atoms with Gasteiger partial charge < -0.3 is 5.11 Å². The normalized spacial score (nSPS) is 12.4. The number of phenolic OH excluding ortho intramolecular Hbond substituents is 1. The Bertz CT molecular complexity index is 496. The van der Waals surface area contributed by atoms with Crippen LogP contribution in [0.5, 0.6) is 5.75 Å². The van der Waals surface area contributed by atoms with E-state index in [-0.39, 0.29) is 10.9 Å². The number of hydrogen-bond donors (Lipinski definition) is 1. The van der Waals surface area contributed by atoms with Crippen LogP contribution in [0.3, 0.4) is 0 Å². The molecule has 3 heteroatoms. The van der Waals surface area contributed by atoms with E-state index in [1.807, 2.05) is 30.3 Å². The Labute approximate surface area is 109 Å². The maximum absolute atomic E-state index is 9.25. The molecule has 1 atom stereocenters.